The van der Waals surface area contributed by atoms with Crippen LogP contribution in [-0.4, -0.2) is 37.2 Å². The summed E-state index contributed by atoms with van der Waals surface area (Å²) in [6.45, 7) is 2.85. The van der Waals surface area contributed by atoms with Crippen LogP contribution in [0, 0.1) is 0 Å². The predicted octanol–water partition coefficient (Wildman–Crippen LogP) is 3.43. The van der Waals surface area contributed by atoms with E-state index in [4.69, 9.17) is 9.15 Å². The van der Waals surface area contributed by atoms with E-state index in [1.54, 1.807) is 18.3 Å². The van der Waals surface area contributed by atoms with Crippen molar-refractivity contribution in [3.05, 3.63) is 52.8 Å². The van der Waals surface area contributed by atoms with Crippen LogP contribution in [0.1, 0.15) is 19.8 Å². The van der Waals surface area contributed by atoms with Crippen LogP contribution in [0.2, 0.25) is 0 Å². The van der Waals surface area contributed by atoms with Crippen LogP contribution < -0.4 is 15.6 Å². The normalized spacial score (nSPS) is 14.7. The van der Waals surface area contributed by atoms with Gasteiger partial charge in [0.2, 0.25) is 5.91 Å². The van der Waals surface area contributed by atoms with Crippen molar-refractivity contribution in [3.8, 4) is 11.3 Å². The summed E-state index contributed by atoms with van der Waals surface area (Å²) in [4.78, 5) is 30.9. The van der Waals surface area contributed by atoms with Gasteiger partial charge in [0, 0.05) is 51.1 Å². The molecule has 7 nitrogen and oxygen atoms in total. The zero-order valence-electron chi connectivity index (χ0n) is 16.5. The molecule has 3 aromatic rings. The fourth-order valence-electron chi connectivity index (χ4n) is 3.68. The first-order valence-corrected chi connectivity index (χ1v) is 9.65. The molecule has 0 radical (unpaired) electrons. The minimum absolute atomic E-state index is 0.124. The van der Waals surface area contributed by atoms with E-state index in [2.05, 4.69) is 10.3 Å². The number of para-hydroxylation sites is 1. The second kappa shape index (κ2) is 8.05. The number of anilines is 2. The molecule has 4 rings (SSSR count). The van der Waals surface area contributed by atoms with Crippen LogP contribution in [0.3, 0.4) is 0 Å². The molecule has 7 heteroatoms. The standard InChI is InChI=1S/C22H23N3O4/c1-14(26)24-18-6-4-3-5-16(18)21-22-17(7-10-23-21)19(27)13-20(29-22)25(2)15-8-11-28-12-9-15/h3-7,10,13,15H,8-9,11-12H2,1-2H3,(H,24,26). The largest absolute Gasteiger partial charge is 0.438 e. The van der Waals surface area contributed by atoms with Gasteiger partial charge in [0.15, 0.2) is 16.9 Å². The average Bonchev–Trinajstić information content (AvgIpc) is 2.73. The molecule has 3 heterocycles. The summed E-state index contributed by atoms with van der Waals surface area (Å²) < 4.78 is 11.7. The van der Waals surface area contributed by atoms with E-state index in [9.17, 15) is 9.59 Å². The van der Waals surface area contributed by atoms with Crippen molar-refractivity contribution in [1.82, 2.24) is 4.98 Å². The number of benzene rings is 1. The van der Waals surface area contributed by atoms with E-state index in [-0.39, 0.29) is 17.4 Å². The van der Waals surface area contributed by atoms with Gasteiger partial charge in [-0.15, -0.1) is 0 Å². The van der Waals surface area contributed by atoms with Crippen LogP contribution in [-0.2, 0) is 9.53 Å². The molecule has 0 saturated carbocycles. The number of nitrogens with one attached hydrogen (secondary N) is 1. The number of nitrogens with zero attached hydrogens (tertiary/aromatic N) is 2. The number of carbonyl (C=O) groups is 1. The van der Waals surface area contributed by atoms with E-state index in [0.717, 1.165) is 12.8 Å². The highest BCUT2D eigenvalue weighted by molar-refractivity contribution is 5.98. The Bertz CT molecular complexity index is 1100. The van der Waals surface area contributed by atoms with Gasteiger partial charge in [0.05, 0.1) is 11.1 Å². The number of rotatable bonds is 4. The molecule has 0 unspecified atom stereocenters. The van der Waals surface area contributed by atoms with E-state index in [1.165, 1.54) is 13.0 Å². The third-order valence-corrected chi connectivity index (χ3v) is 5.21. The van der Waals surface area contributed by atoms with Crippen molar-refractivity contribution in [1.29, 1.82) is 0 Å². The van der Waals surface area contributed by atoms with Crippen LogP contribution in [0.15, 0.2) is 51.8 Å². The minimum Gasteiger partial charge on any atom is -0.438 e. The monoisotopic (exact) mass is 393 g/mol. The average molecular weight is 393 g/mol. The van der Waals surface area contributed by atoms with E-state index < -0.39 is 0 Å². The van der Waals surface area contributed by atoms with Crippen molar-refractivity contribution in [2.75, 3.05) is 30.5 Å². The molecule has 150 valence electrons. The Labute approximate surface area is 168 Å². The Balaban J connectivity index is 1.85. The van der Waals surface area contributed by atoms with E-state index in [1.807, 2.05) is 30.1 Å². The SMILES string of the molecule is CC(=O)Nc1ccccc1-c1nccc2c(=O)cc(N(C)C3CCOCC3)oc12. The summed E-state index contributed by atoms with van der Waals surface area (Å²) in [6.07, 6.45) is 3.34. The van der Waals surface area contributed by atoms with Gasteiger partial charge in [-0.1, -0.05) is 18.2 Å². The maximum absolute atomic E-state index is 12.8. The molecule has 2 aromatic heterocycles. The lowest BCUT2D eigenvalue weighted by Gasteiger charge is -2.31. The predicted molar refractivity (Wildman–Crippen MR) is 112 cm³/mol. The van der Waals surface area contributed by atoms with Gasteiger partial charge in [-0.3, -0.25) is 14.6 Å². The Morgan fingerprint density at radius 3 is 2.72 bits per heavy atom. The number of aromatic nitrogens is 1. The first-order chi connectivity index (χ1) is 14.0. The van der Waals surface area contributed by atoms with Crippen molar-refractivity contribution in [2.24, 2.45) is 0 Å². The number of pyridine rings is 1. The number of hydrogen-bond acceptors (Lipinski definition) is 6. The van der Waals surface area contributed by atoms with Gasteiger partial charge in [0.25, 0.3) is 0 Å². The van der Waals surface area contributed by atoms with Crippen LogP contribution >= 0.6 is 0 Å². The lowest BCUT2D eigenvalue weighted by Crippen LogP contribution is -2.37. The Morgan fingerprint density at radius 1 is 1.21 bits per heavy atom. The summed E-state index contributed by atoms with van der Waals surface area (Å²) in [6, 6.07) is 10.8. The highest BCUT2D eigenvalue weighted by Gasteiger charge is 2.22. The number of ether oxygens (including phenoxy) is 1. The quantitative estimate of drug-likeness (QED) is 0.731. The van der Waals surface area contributed by atoms with Gasteiger partial charge in [-0.05, 0) is 25.0 Å². The molecule has 29 heavy (non-hydrogen) atoms. The topological polar surface area (TPSA) is 84.7 Å². The summed E-state index contributed by atoms with van der Waals surface area (Å²) >= 11 is 0. The van der Waals surface area contributed by atoms with E-state index >= 15 is 0 Å². The fourth-order valence-corrected chi connectivity index (χ4v) is 3.68. The first kappa shape index (κ1) is 19.1. The van der Waals surface area contributed by atoms with Gasteiger partial charge >= 0.3 is 0 Å². The van der Waals surface area contributed by atoms with Gasteiger partial charge in [-0.2, -0.15) is 0 Å². The molecule has 1 amide bonds. The molecule has 1 fully saturated rings. The Morgan fingerprint density at radius 2 is 1.97 bits per heavy atom. The number of amides is 1. The minimum atomic E-state index is -0.181. The Hall–Kier alpha value is -3.19. The molecular formula is C22H23N3O4. The van der Waals surface area contributed by atoms with E-state index in [0.29, 0.717) is 47.0 Å². The smallest absolute Gasteiger partial charge is 0.221 e. The molecule has 1 N–H and O–H groups in total. The van der Waals surface area contributed by atoms with Crippen LogP contribution in [0.4, 0.5) is 11.6 Å². The van der Waals surface area contributed by atoms with Crippen molar-refractivity contribution < 1.29 is 13.9 Å². The van der Waals surface area contributed by atoms with Gasteiger partial charge in [0.1, 0.15) is 5.69 Å². The van der Waals surface area contributed by atoms with Gasteiger partial charge in [-0.25, -0.2) is 0 Å². The Kier molecular flexibility index (Phi) is 5.31. The van der Waals surface area contributed by atoms with Crippen LogP contribution in [0.5, 0.6) is 0 Å². The maximum Gasteiger partial charge on any atom is 0.221 e. The lowest BCUT2D eigenvalue weighted by atomic mass is 10.1. The number of fused-ring (bicyclic) bond motifs is 1. The summed E-state index contributed by atoms with van der Waals surface area (Å²) in [5, 5.41) is 3.27. The summed E-state index contributed by atoms with van der Waals surface area (Å²) in [5.74, 6) is 0.319. The second-order valence-electron chi connectivity index (χ2n) is 7.17. The zero-order valence-corrected chi connectivity index (χ0v) is 16.5. The maximum atomic E-state index is 12.8. The molecule has 0 bridgehead atoms. The van der Waals surface area contributed by atoms with Crippen molar-refractivity contribution >= 4 is 28.4 Å². The third-order valence-electron chi connectivity index (χ3n) is 5.21. The number of hydrogen-bond donors (Lipinski definition) is 1. The highest BCUT2D eigenvalue weighted by Crippen LogP contribution is 2.33. The summed E-state index contributed by atoms with van der Waals surface area (Å²) in [7, 11) is 1.93. The third kappa shape index (κ3) is 3.86. The first-order valence-electron chi connectivity index (χ1n) is 9.65. The lowest BCUT2D eigenvalue weighted by molar-refractivity contribution is -0.114. The molecule has 0 atom stereocenters. The molecule has 0 spiro atoms. The molecule has 0 aliphatic carbocycles. The summed E-state index contributed by atoms with van der Waals surface area (Å²) in [5.41, 5.74) is 2.12. The zero-order chi connectivity index (χ0) is 20.4. The molecule has 1 aromatic carbocycles. The van der Waals surface area contributed by atoms with Gasteiger partial charge < -0.3 is 19.4 Å². The molecular weight excluding hydrogens is 370 g/mol. The number of carbonyl (C=O) groups excluding carboxylic acids is 1. The molecule has 1 saturated heterocycles. The fraction of sp³-hybridized carbons (Fsp3) is 0.318. The van der Waals surface area contributed by atoms with Crippen molar-refractivity contribution in [3.63, 3.8) is 0 Å². The molecule has 1 aliphatic rings. The van der Waals surface area contributed by atoms with Crippen LogP contribution in [0.25, 0.3) is 22.2 Å². The molecule has 1 aliphatic heterocycles. The van der Waals surface area contributed by atoms with Crippen molar-refractivity contribution in [2.45, 2.75) is 25.8 Å². The highest BCUT2D eigenvalue weighted by atomic mass is 16.5. The second-order valence-corrected chi connectivity index (χ2v) is 7.17.